The second-order valence-corrected chi connectivity index (χ2v) is 5.91. The minimum Gasteiger partial charge on any atom is -0.476 e. The van der Waals surface area contributed by atoms with Gasteiger partial charge in [0, 0.05) is 5.03 Å². The van der Waals surface area contributed by atoms with Crippen LogP contribution < -0.4 is 4.74 Å². The Morgan fingerprint density at radius 1 is 1.30 bits per heavy atom. The first kappa shape index (κ1) is 18.9. The maximum Gasteiger partial charge on any atom is 0.526 e. The number of halogens is 4. The molecule has 27 heavy (non-hydrogen) atoms. The molecule has 0 radical (unpaired) electrons. The number of carboxylic acids is 1. The van der Waals surface area contributed by atoms with E-state index < -0.39 is 36.1 Å². The van der Waals surface area contributed by atoms with Gasteiger partial charge in [-0.3, -0.25) is 0 Å². The van der Waals surface area contributed by atoms with Crippen molar-refractivity contribution < 1.29 is 32.5 Å². The van der Waals surface area contributed by atoms with E-state index in [2.05, 4.69) is 15.0 Å². The summed E-state index contributed by atoms with van der Waals surface area (Å²) in [4.78, 5) is 11.1. The molecule has 1 aliphatic carbocycles. The van der Waals surface area contributed by atoms with Crippen molar-refractivity contribution in [2.75, 3.05) is 0 Å². The Kier molecular flexibility index (Phi) is 4.94. The predicted octanol–water partition coefficient (Wildman–Crippen LogP) is 3.72. The van der Waals surface area contributed by atoms with Gasteiger partial charge < -0.3 is 9.84 Å². The van der Waals surface area contributed by atoms with Crippen LogP contribution in [0.3, 0.4) is 0 Å². The van der Waals surface area contributed by atoms with Crippen LogP contribution in [-0.2, 0) is 4.74 Å². The number of rotatable bonds is 5. The number of alkyl halides is 3. The molecule has 3 rings (SSSR count). The van der Waals surface area contributed by atoms with Gasteiger partial charge in [-0.15, -0.1) is 13.2 Å². The summed E-state index contributed by atoms with van der Waals surface area (Å²) in [6, 6.07) is 8.75. The number of aromatic amines is 1. The zero-order valence-electron chi connectivity index (χ0n) is 13.3. The zero-order chi connectivity index (χ0) is 19.7. The van der Waals surface area contributed by atoms with Gasteiger partial charge in [-0.1, -0.05) is 58.3 Å². The summed E-state index contributed by atoms with van der Waals surface area (Å²) in [5.41, 5.74) is 0.551. The Morgan fingerprint density at radius 2 is 2.00 bits per heavy atom. The van der Waals surface area contributed by atoms with Crippen molar-refractivity contribution in [1.82, 2.24) is 15.4 Å². The minimum absolute atomic E-state index is 0.0355. The molecule has 0 saturated heterocycles. The number of aromatic carboxylic acids is 1. The van der Waals surface area contributed by atoms with Crippen LogP contribution in [-0.4, -0.2) is 38.6 Å². The van der Waals surface area contributed by atoms with Crippen molar-refractivity contribution >= 4 is 23.1 Å². The van der Waals surface area contributed by atoms with E-state index in [1.807, 2.05) is 5.10 Å². The summed E-state index contributed by atoms with van der Waals surface area (Å²) >= 11 is 6.21. The molecule has 0 aliphatic heterocycles. The van der Waals surface area contributed by atoms with E-state index in [0.29, 0.717) is 11.1 Å². The van der Waals surface area contributed by atoms with E-state index in [-0.39, 0.29) is 5.03 Å². The van der Waals surface area contributed by atoms with Crippen LogP contribution in [0.15, 0.2) is 47.5 Å². The first-order valence-corrected chi connectivity index (χ1v) is 7.80. The van der Waals surface area contributed by atoms with E-state index in [0.717, 1.165) is 6.08 Å². The van der Waals surface area contributed by atoms with Gasteiger partial charge in [0.25, 0.3) is 5.88 Å². The van der Waals surface area contributed by atoms with Crippen LogP contribution in [0.5, 0.6) is 5.88 Å². The lowest BCUT2D eigenvalue weighted by atomic mass is 9.96. The largest absolute Gasteiger partial charge is 0.526 e. The highest BCUT2D eigenvalue weighted by atomic mass is 35.5. The highest BCUT2D eigenvalue weighted by Crippen LogP contribution is 2.41. The molecule has 1 aliphatic rings. The van der Waals surface area contributed by atoms with Gasteiger partial charge in [-0.05, 0) is 17.2 Å². The summed E-state index contributed by atoms with van der Waals surface area (Å²) in [6.07, 6.45) is -3.29. The molecule has 1 atom stereocenters. The lowest BCUT2D eigenvalue weighted by Crippen LogP contribution is -2.43. The molecule has 0 fully saturated rings. The third-order valence-electron chi connectivity index (χ3n) is 3.57. The van der Waals surface area contributed by atoms with E-state index in [4.69, 9.17) is 21.4 Å². The van der Waals surface area contributed by atoms with Gasteiger partial charge in [-0.25, -0.2) is 14.6 Å². The second kappa shape index (κ2) is 7.05. The Morgan fingerprint density at radius 3 is 2.59 bits per heavy atom. The molecule has 1 aromatic carbocycles. The molecule has 11 heteroatoms. The SMILES string of the molecule is O=C(O)c1[nH]nnc1OC1(OC(F)(F)F)C=CC(c2ccccc2)=C(Cl)C1. The number of H-pyrrole nitrogens is 1. The fraction of sp³-hybridized carbons (Fsp3) is 0.188. The number of hydrogen-bond donors (Lipinski definition) is 2. The van der Waals surface area contributed by atoms with Crippen molar-refractivity contribution in [2.45, 2.75) is 18.6 Å². The van der Waals surface area contributed by atoms with Crippen molar-refractivity contribution in [2.24, 2.45) is 0 Å². The van der Waals surface area contributed by atoms with Crippen molar-refractivity contribution in [1.29, 1.82) is 0 Å². The lowest BCUT2D eigenvalue weighted by molar-refractivity contribution is -0.389. The molecule has 0 amide bonds. The third kappa shape index (κ3) is 4.29. The number of ether oxygens (including phenoxy) is 2. The number of carbonyl (C=O) groups is 1. The van der Waals surface area contributed by atoms with Gasteiger partial charge in [0.15, 0.2) is 0 Å². The summed E-state index contributed by atoms with van der Waals surface area (Å²) in [5, 5.41) is 17.7. The smallest absolute Gasteiger partial charge is 0.476 e. The molecule has 142 valence electrons. The summed E-state index contributed by atoms with van der Waals surface area (Å²) < 4.78 is 48.2. The van der Waals surface area contributed by atoms with Crippen molar-refractivity contribution in [3.05, 3.63) is 58.8 Å². The van der Waals surface area contributed by atoms with E-state index in [1.165, 1.54) is 6.08 Å². The average Bonchev–Trinajstić information content (AvgIpc) is 3.02. The quantitative estimate of drug-likeness (QED) is 0.741. The first-order valence-electron chi connectivity index (χ1n) is 7.43. The van der Waals surface area contributed by atoms with Gasteiger partial charge in [-0.2, -0.15) is 0 Å². The van der Waals surface area contributed by atoms with Crippen LogP contribution in [0.4, 0.5) is 13.2 Å². The van der Waals surface area contributed by atoms with Crippen LogP contribution in [0, 0.1) is 0 Å². The Balaban J connectivity index is 1.97. The van der Waals surface area contributed by atoms with E-state index in [9.17, 15) is 18.0 Å². The summed E-state index contributed by atoms with van der Waals surface area (Å²) in [7, 11) is 0. The highest BCUT2D eigenvalue weighted by Gasteiger charge is 2.47. The molecule has 0 spiro atoms. The molecular weight excluding hydrogens is 391 g/mol. The molecule has 0 bridgehead atoms. The molecule has 2 aromatic rings. The minimum atomic E-state index is -5.08. The first-order chi connectivity index (χ1) is 12.7. The molecule has 1 aromatic heterocycles. The van der Waals surface area contributed by atoms with Crippen LogP contribution in [0.1, 0.15) is 22.5 Å². The summed E-state index contributed by atoms with van der Waals surface area (Å²) in [6.45, 7) is 0. The molecule has 1 heterocycles. The van der Waals surface area contributed by atoms with Gasteiger partial charge in [0.1, 0.15) is 0 Å². The second-order valence-electron chi connectivity index (χ2n) is 5.45. The van der Waals surface area contributed by atoms with Crippen LogP contribution in [0.2, 0.25) is 0 Å². The fourth-order valence-corrected chi connectivity index (χ4v) is 2.85. The Labute approximate surface area is 155 Å². The van der Waals surface area contributed by atoms with Crippen LogP contribution >= 0.6 is 11.6 Å². The number of aromatic nitrogens is 3. The Bertz CT molecular complexity index is 911. The standard InChI is InChI=1S/C16H11ClF3N3O4/c17-11-8-15(27-16(18,19)20,26-13-12(14(24)25)21-23-22-13)7-6-10(11)9-4-2-1-3-5-9/h1-7H,8H2,(H,24,25)(H,21,22,23). The number of hydrogen-bond acceptors (Lipinski definition) is 5. The molecule has 7 nitrogen and oxygen atoms in total. The van der Waals surface area contributed by atoms with Crippen molar-refractivity contribution in [3.63, 3.8) is 0 Å². The van der Waals surface area contributed by atoms with Crippen LogP contribution in [0.25, 0.3) is 5.57 Å². The number of nitrogens with one attached hydrogen (secondary N) is 1. The predicted molar refractivity (Wildman–Crippen MR) is 86.8 cm³/mol. The lowest BCUT2D eigenvalue weighted by Gasteiger charge is -2.33. The number of nitrogens with zero attached hydrogens (tertiary/aromatic N) is 2. The molecule has 1 unspecified atom stereocenters. The number of benzene rings is 1. The van der Waals surface area contributed by atoms with E-state index in [1.54, 1.807) is 30.3 Å². The van der Waals surface area contributed by atoms with Gasteiger partial charge in [0.05, 0.1) is 6.42 Å². The van der Waals surface area contributed by atoms with Gasteiger partial charge in [0.2, 0.25) is 11.5 Å². The molecule has 2 N–H and O–H groups in total. The maximum absolute atomic E-state index is 13.0. The average molecular weight is 402 g/mol. The maximum atomic E-state index is 13.0. The number of carboxylic acid groups (broad SMARTS) is 1. The third-order valence-corrected chi connectivity index (χ3v) is 3.91. The topological polar surface area (TPSA) is 97.3 Å². The number of allylic oxidation sites excluding steroid dienone is 2. The summed E-state index contributed by atoms with van der Waals surface area (Å²) in [5.74, 6) is -4.61. The highest BCUT2D eigenvalue weighted by molar-refractivity contribution is 6.33. The normalized spacial score (nSPS) is 20.0. The Hall–Kier alpha value is -2.85. The molecular formula is C16H11ClF3N3O4. The zero-order valence-corrected chi connectivity index (χ0v) is 14.1. The monoisotopic (exact) mass is 401 g/mol. The fourth-order valence-electron chi connectivity index (χ4n) is 2.49. The van der Waals surface area contributed by atoms with Crippen molar-refractivity contribution in [3.8, 4) is 5.88 Å². The van der Waals surface area contributed by atoms with Gasteiger partial charge >= 0.3 is 12.3 Å². The molecule has 0 saturated carbocycles. The van der Waals surface area contributed by atoms with E-state index >= 15 is 0 Å².